The molecule has 19 rings (SSSR count). The summed E-state index contributed by atoms with van der Waals surface area (Å²) < 4.78 is 36.7. The lowest BCUT2D eigenvalue weighted by molar-refractivity contribution is 0.456. The van der Waals surface area contributed by atoms with E-state index in [1.54, 1.807) is 0 Å². The number of anilines is 11. The minimum atomic E-state index is -0.472. The maximum atomic E-state index is 7.63. The van der Waals surface area contributed by atoms with Crippen molar-refractivity contribution in [2.45, 2.75) is 26.3 Å². The molecule has 0 fully saturated rings. The molecular weight excluding hydrogens is 1150 g/mol. The molecule has 0 spiro atoms. The van der Waals surface area contributed by atoms with Crippen LogP contribution in [0.1, 0.15) is 20.8 Å². The Kier molecular flexibility index (Phi) is 12.0. The van der Waals surface area contributed by atoms with Gasteiger partial charge >= 0.3 is 0 Å². The number of ether oxygens (including phenoxy) is 5. The smallest absolute Gasteiger partial charge is 0.260 e. The van der Waals surface area contributed by atoms with E-state index < -0.39 is 5.54 Å². The van der Waals surface area contributed by atoms with E-state index in [4.69, 9.17) is 23.7 Å². The maximum Gasteiger partial charge on any atom is 0.260 e. The molecule has 0 radical (unpaired) electrons. The number of rotatable bonds is 9. The second kappa shape index (κ2) is 20.9. The second-order valence-corrected chi connectivity index (χ2v) is 25.9. The molecule has 6 aliphatic heterocycles. The zero-order valence-corrected chi connectivity index (χ0v) is 51.8. The van der Waals surface area contributed by atoms with Gasteiger partial charge < -0.3 is 43.3 Å². The van der Waals surface area contributed by atoms with Gasteiger partial charge in [-0.25, -0.2) is 0 Å². The third-order valence-electron chi connectivity index (χ3n) is 19.3. The number of nitrogens with zero attached hydrogens (tertiary/aromatic N) is 4. The summed E-state index contributed by atoms with van der Waals surface area (Å²) in [7, 11) is 0. The van der Waals surface area contributed by atoms with Gasteiger partial charge in [-0.3, -0.25) is 0 Å². The zero-order chi connectivity index (χ0) is 62.3. The molecule has 0 unspecified atom stereocenters. The summed E-state index contributed by atoms with van der Waals surface area (Å²) in [4.78, 5) is 9.39. The Morgan fingerprint density at radius 1 is 0.234 bits per heavy atom. The summed E-state index contributed by atoms with van der Waals surface area (Å²) >= 11 is 0. The van der Waals surface area contributed by atoms with Crippen LogP contribution in [-0.4, -0.2) is 25.7 Å². The number of hydrogen-bond donors (Lipinski definition) is 0. The third-order valence-corrected chi connectivity index (χ3v) is 19.3. The van der Waals surface area contributed by atoms with Crippen molar-refractivity contribution in [2.24, 2.45) is 0 Å². The summed E-state index contributed by atoms with van der Waals surface area (Å²) in [6, 6.07) is 103. The largest absolute Gasteiger partial charge is 0.458 e. The molecular formula is C82H57B3N4O5. The molecule has 0 atom stereocenters. The van der Waals surface area contributed by atoms with E-state index in [0.717, 1.165) is 169 Å². The van der Waals surface area contributed by atoms with Crippen molar-refractivity contribution in [3.8, 4) is 57.5 Å². The number of para-hydroxylation sites is 8. The lowest BCUT2D eigenvalue weighted by atomic mass is 9.30. The molecule has 0 aromatic heterocycles. The molecule has 444 valence electrons. The fourth-order valence-corrected chi connectivity index (χ4v) is 15.5. The SMILES string of the molecule is CC(C)(C)N1c2cc3c(cc2B2c4cc5c(cc4Oc4cc(N(c6ccccc6)c6ccccc6)cc1c42)Oc1cc(N(c2ccccc2)c2ccccc2)cc2c1B5c1ccccc1O2)B1c2ccccc2Oc2cc(N(c4ccccc4)c4ccccc4)cc(c21)O3. The van der Waals surface area contributed by atoms with Crippen molar-refractivity contribution in [2.75, 3.05) is 19.6 Å². The van der Waals surface area contributed by atoms with E-state index in [1.165, 1.54) is 0 Å². The molecule has 0 saturated heterocycles. The molecule has 0 aliphatic carbocycles. The van der Waals surface area contributed by atoms with Crippen LogP contribution in [0.2, 0.25) is 0 Å². The summed E-state index contributed by atoms with van der Waals surface area (Å²) in [6.45, 7) is 6.13. The highest BCUT2D eigenvalue weighted by Crippen LogP contribution is 2.50. The standard InChI is InChI=1S/C82H57B3N4O5/c1-82(2,3)89-67-50-71-64(83-61-38-22-24-40-69(61)90-75-44-59(46-77(92-71)80(75)83)87(54-30-14-6-15-31-54)55-32-16-7-17-33-55)48-63(67)85-66-49-65-72(51-73(66)93-74-43-58(42-68(89)79(74)85)86(52-26-10-4-11-27-52)53-28-12-5-13-29-53)94-78-47-60(45-76-81(78)84(65)62-39-23-25-41-70(62)91-76)88(56-34-18-8-19-35-56)57-36-20-9-21-37-57/h4-51H,1-3H3. The molecule has 0 bridgehead atoms. The van der Waals surface area contributed by atoms with Crippen molar-refractivity contribution in [3.05, 3.63) is 291 Å². The van der Waals surface area contributed by atoms with E-state index >= 15 is 0 Å². The van der Waals surface area contributed by atoms with Crippen molar-refractivity contribution in [1.82, 2.24) is 0 Å². The topological polar surface area (TPSA) is 59.1 Å². The van der Waals surface area contributed by atoms with Crippen LogP contribution in [-0.2, 0) is 0 Å². The van der Waals surface area contributed by atoms with Crippen molar-refractivity contribution in [1.29, 1.82) is 0 Å². The first-order chi connectivity index (χ1) is 46.2. The predicted molar refractivity (Wildman–Crippen MR) is 385 cm³/mol. The van der Waals surface area contributed by atoms with Gasteiger partial charge in [-0.15, -0.1) is 0 Å². The van der Waals surface area contributed by atoms with Gasteiger partial charge in [0.1, 0.15) is 57.5 Å². The van der Waals surface area contributed by atoms with Gasteiger partial charge in [-0.2, -0.15) is 0 Å². The van der Waals surface area contributed by atoms with Crippen molar-refractivity contribution < 1.29 is 23.7 Å². The number of benzene rings is 13. The quantitative estimate of drug-likeness (QED) is 0.132. The van der Waals surface area contributed by atoms with Crippen LogP contribution in [0, 0.1) is 0 Å². The van der Waals surface area contributed by atoms with E-state index in [-0.39, 0.29) is 20.1 Å². The number of hydrogen-bond acceptors (Lipinski definition) is 9. The summed E-state index contributed by atoms with van der Waals surface area (Å²) in [5, 5.41) is 0. The monoisotopic (exact) mass is 1210 g/mol. The van der Waals surface area contributed by atoms with Crippen molar-refractivity contribution in [3.63, 3.8) is 0 Å². The van der Waals surface area contributed by atoms with Gasteiger partial charge in [-0.1, -0.05) is 158 Å². The van der Waals surface area contributed by atoms with Crippen LogP contribution in [0.25, 0.3) is 0 Å². The highest BCUT2D eigenvalue weighted by Gasteiger charge is 2.50. The minimum absolute atomic E-state index is 0.230. The molecule has 9 nitrogen and oxygen atoms in total. The van der Waals surface area contributed by atoms with Crippen LogP contribution >= 0.6 is 0 Å². The third kappa shape index (κ3) is 8.45. The highest BCUT2D eigenvalue weighted by molar-refractivity contribution is 7.03. The first kappa shape index (κ1) is 54.0. The lowest BCUT2D eigenvalue weighted by Gasteiger charge is -2.47. The molecule has 0 amide bonds. The molecule has 6 heterocycles. The van der Waals surface area contributed by atoms with Gasteiger partial charge in [0.25, 0.3) is 20.1 Å². The fourth-order valence-electron chi connectivity index (χ4n) is 15.5. The minimum Gasteiger partial charge on any atom is -0.458 e. The zero-order valence-electron chi connectivity index (χ0n) is 51.8. The lowest BCUT2D eigenvalue weighted by Crippen LogP contribution is -2.65. The molecule has 94 heavy (non-hydrogen) atoms. The Hall–Kier alpha value is -11.7. The molecule has 0 saturated carbocycles. The molecule has 0 N–H and O–H groups in total. The maximum absolute atomic E-state index is 7.63. The van der Waals surface area contributed by atoms with Crippen LogP contribution in [0.15, 0.2) is 291 Å². The Labute approximate surface area is 547 Å². The molecule has 12 heteroatoms. The van der Waals surface area contributed by atoms with Crippen LogP contribution in [0.5, 0.6) is 57.5 Å². The summed E-state index contributed by atoms with van der Waals surface area (Å²) in [5.74, 6) is 7.62. The average molecular weight is 1210 g/mol. The van der Waals surface area contributed by atoms with Crippen molar-refractivity contribution >= 4 is 132 Å². The second-order valence-electron chi connectivity index (χ2n) is 25.9. The van der Waals surface area contributed by atoms with Crippen LogP contribution < -0.4 is 92.4 Å². The van der Waals surface area contributed by atoms with E-state index in [1.807, 2.05) is 0 Å². The Bertz CT molecular complexity index is 5100. The van der Waals surface area contributed by atoms with Gasteiger partial charge in [-0.05, 0) is 150 Å². The van der Waals surface area contributed by atoms with E-state index in [2.05, 4.69) is 332 Å². The Morgan fingerprint density at radius 3 is 0.883 bits per heavy atom. The molecule has 13 aromatic rings. The van der Waals surface area contributed by atoms with Gasteiger partial charge in [0, 0.05) is 104 Å². The highest BCUT2D eigenvalue weighted by atomic mass is 16.5. The molecule has 13 aromatic carbocycles. The van der Waals surface area contributed by atoms with Crippen LogP contribution in [0.3, 0.4) is 0 Å². The Morgan fingerprint density at radius 2 is 0.521 bits per heavy atom. The van der Waals surface area contributed by atoms with E-state index in [9.17, 15) is 0 Å². The normalized spacial score (nSPS) is 13.4. The van der Waals surface area contributed by atoms with Crippen LogP contribution in [0.4, 0.5) is 62.6 Å². The fraction of sp³-hybridized carbons (Fsp3) is 0.0488. The number of fused-ring (bicyclic) bond motifs is 12. The summed E-state index contributed by atoms with van der Waals surface area (Å²) in [6.07, 6.45) is 0. The van der Waals surface area contributed by atoms with Gasteiger partial charge in [0.15, 0.2) is 0 Å². The van der Waals surface area contributed by atoms with Gasteiger partial charge in [0.05, 0.1) is 17.1 Å². The first-order valence-corrected chi connectivity index (χ1v) is 32.2. The first-order valence-electron chi connectivity index (χ1n) is 32.2. The average Bonchev–Trinajstić information content (AvgIpc) is 0.694. The Balaban J connectivity index is 0.842. The van der Waals surface area contributed by atoms with Gasteiger partial charge in [0.2, 0.25) is 0 Å². The van der Waals surface area contributed by atoms with E-state index in [0.29, 0.717) is 0 Å². The summed E-state index contributed by atoms with van der Waals surface area (Å²) in [5.41, 5.74) is 20.1. The molecule has 6 aliphatic rings. The predicted octanol–water partition coefficient (Wildman–Crippen LogP) is 15.4.